The average molecular weight is 386 g/mol. The number of nitro groups is 1. The van der Waals surface area contributed by atoms with Crippen molar-refractivity contribution >= 4 is 44.7 Å². The van der Waals surface area contributed by atoms with Gasteiger partial charge in [0.2, 0.25) is 5.91 Å². The van der Waals surface area contributed by atoms with Crippen molar-refractivity contribution in [2.24, 2.45) is 0 Å². The van der Waals surface area contributed by atoms with Gasteiger partial charge in [0.1, 0.15) is 6.54 Å². The van der Waals surface area contributed by atoms with E-state index >= 15 is 0 Å². The molecule has 2 aromatic heterocycles. The van der Waals surface area contributed by atoms with Crippen LogP contribution in [0.25, 0.3) is 10.9 Å². The largest absolute Gasteiger partial charge is 0.300 e. The van der Waals surface area contributed by atoms with Crippen LogP contribution in [0.3, 0.4) is 0 Å². The second kappa shape index (κ2) is 7.08. The van der Waals surface area contributed by atoms with E-state index in [-0.39, 0.29) is 23.1 Å². The highest BCUT2D eigenvalue weighted by Gasteiger charge is 2.15. The van der Waals surface area contributed by atoms with Crippen molar-refractivity contribution in [2.45, 2.75) is 20.4 Å². The Morgan fingerprint density at radius 2 is 2.04 bits per heavy atom. The van der Waals surface area contributed by atoms with Crippen molar-refractivity contribution in [3.05, 3.63) is 61.4 Å². The van der Waals surface area contributed by atoms with E-state index in [1.807, 2.05) is 0 Å². The number of hydrogen-bond acceptors (Lipinski definition) is 7. The summed E-state index contributed by atoms with van der Waals surface area (Å²) in [5.41, 5.74) is 0.416. The van der Waals surface area contributed by atoms with Gasteiger partial charge in [0, 0.05) is 30.5 Å². The number of rotatable bonds is 5. The van der Waals surface area contributed by atoms with Crippen molar-refractivity contribution in [3.63, 3.8) is 0 Å². The van der Waals surface area contributed by atoms with Crippen LogP contribution in [0, 0.1) is 17.0 Å². The van der Waals surface area contributed by atoms with E-state index in [0.29, 0.717) is 21.5 Å². The minimum Gasteiger partial charge on any atom is -0.300 e. The molecule has 0 aliphatic carbocycles. The molecule has 0 aliphatic rings. The third-order valence-corrected chi connectivity index (χ3v) is 5.02. The van der Waals surface area contributed by atoms with E-state index in [1.165, 1.54) is 41.8 Å². The Balaban J connectivity index is 1.89. The van der Waals surface area contributed by atoms with Gasteiger partial charge in [0.15, 0.2) is 10.9 Å². The molecule has 2 heterocycles. The smallest absolute Gasteiger partial charge is 0.270 e. The molecule has 1 N–H and O–H groups in total. The lowest BCUT2D eigenvalue weighted by Gasteiger charge is -2.09. The number of hydrogen-bond donors (Lipinski definition) is 1. The van der Waals surface area contributed by atoms with E-state index in [9.17, 15) is 24.5 Å². The fourth-order valence-electron chi connectivity index (χ4n) is 2.65. The number of carbonyl (C=O) groups is 2. The number of Topliss-reactive ketones (excluding diaryl/α,β-unsaturated/α-hetero) is 1. The van der Waals surface area contributed by atoms with Crippen LogP contribution >= 0.6 is 11.3 Å². The minimum atomic E-state index is -0.529. The third-order valence-electron chi connectivity index (χ3n) is 3.85. The molecule has 0 unspecified atom stereocenters. The fourth-order valence-corrected chi connectivity index (χ4v) is 3.52. The number of pyridine rings is 1. The summed E-state index contributed by atoms with van der Waals surface area (Å²) in [4.78, 5) is 51.0. The predicted molar refractivity (Wildman–Crippen MR) is 100 cm³/mol. The summed E-state index contributed by atoms with van der Waals surface area (Å²) in [7, 11) is 0. The first-order valence-corrected chi connectivity index (χ1v) is 8.64. The van der Waals surface area contributed by atoms with Gasteiger partial charge < -0.3 is 5.32 Å². The van der Waals surface area contributed by atoms with Crippen LogP contribution in [0.2, 0.25) is 0 Å². The number of non-ortho nitro benzene ring substituents is 1. The molecule has 9 nitrogen and oxygen atoms in total. The lowest BCUT2D eigenvalue weighted by atomic mass is 10.2. The van der Waals surface area contributed by atoms with E-state index in [4.69, 9.17) is 0 Å². The summed E-state index contributed by atoms with van der Waals surface area (Å²) in [6.07, 6.45) is 0. The Labute approximate surface area is 156 Å². The zero-order valence-corrected chi connectivity index (χ0v) is 15.2. The standard InChI is InChI=1S/C17H14N4O5S/c1-9-16(10(2)22)27-17(18-9)19-14(23)8-20-13-5-4-12(21(25)26)7-11(13)3-6-15(20)24/h3-7H,8H2,1-2H3,(H,18,19,23). The molecule has 3 rings (SSSR count). The van der Waals surface area contributed by atoms with Crippen LogP contribution in [0.15, 0.2) is 35.1 Å². The van der Waals surface area contributed by atoms with Gasteiger partial charge in [-0.2, -0.15) is 0 Å². The molecule has 0 bridgehead atoms. The first-order valence-electron chi connectivity index (χ1n) is 7.82. The highest BCUT2D eigenvalue weighted by molar-refractivity contribution is 7.17. The Kier molecular flexibility index (Phi) is 4.82. The maximum atomic E-state index is 12.3. The number of fused-ring (bicyclic) bond motifs is 1. The number of nitrogens with one attached hydrogen (secondary N) is 1. The molecule has 0 aliphatic heterocycles. The quantitative estimate of drug-likeness (QED) is 0.408. The lowest BCUT2D eigenvalue weighted by Crippen LogP contribution is -2.27. The van der Waals surface area contributed by atoms with Crippen molar-refractivity contribution in [2.75, 3.05) is 5.32 Å². The fraction of sp³-hybridized carbons (Fsp3) is 0.176. The number of anilines is 1. The number of nitrogens with zero attached hydrogens (tertiary/aromatic N) is 3. The van der Waals surface area contributed by atoms with Crippen LogP contribution in [0.5, 0.6) is 0 Å². The van der Waals surface area contributed by atoms with Gasteiger partial charge in [0.25, 0.3) is 11.2 Å². The van der Waals surface area contributed by atoms with E-state index in [2.05, 4.69) is 10.3 Å². The number of aryl methyl sites for hydroxylation is 1. The molecular formula is C17H14N4O5S. The molecule has 3 aromatic rings. The molecule has 0 atom stereocenters. The number of benzene rings is 1. The molecular weight excluding hydrogens is 372 g/mol. The van der Waals surface area contributed by atoms with Crippen LogP contribution in [0.1, 0.15) is 22.3 Å². The average Bonchev–Trinajstić information content (AvgIpc) is 2.97. The summed E-state index contributed by atoms with van der Waals surface area (Å²) >= 11 is 1.06. The zero-order valence-electron chi connectivity index (χ0n) is 14.4. The number of aromatic nitrogens is 2. The molecule has 27 heavy (non-hydrogen) atoms. The maximum absolute atomic E-state index is 12.3. The number of ketones is 1. The topological polar surface area (TPSA) is 124 Å². The summed E-state index contributed by atoms with van der Waals surface area (Å²) in [6.45, 7) is 2.80. The molecule has 1 aromatic carbocycles. The molecule has 10 heteroatoms. The summed E-state index contributed by atoms with van der Waals surface area (Å²) in [5, 5.41) is 14.2. The first kappa shape index (κ1) is 18.4. The van der Waals surface area contributed by atoms with Gasteiger partial charge >= 0.3 is 0 Å². The van der Waals surface area contributed by atoms with E-state index in [1.54, 1.807) is 6.92 Å². The molecule has 0 saturated carbocycles. The Hall–Kier alpha value is -3.40. The Morgan fingerprint density at radius 3 is 2.67 bits per heavy atom. The third kappa shape index (κ3) is 3.75. The highest BCUT2D eigenvalue weighted by atomic mass is 32.1. The van der Waals surface area contributed by atoms with Crippen LogP contribution in [-0.2, 0) is 11.3 Å². The molecule has 0 saturated heterocycles. The normalized spacial score (nSPS) is 10.7. The van der Waals surface area contributed by atoms with Crippen molar-refractivity contribution < 1.29 is 14.5 Å². The van der Waals surface area contributed by atoms with Gasteiger partial charge in [-0.1, -0.05) is 11.3 Å². The van der Waals surface area contributed by atoms with Crippen molar-refractivity contribution in [1.82, 2.24) is 9.55 Å². The molecule has 138 valence electrons. The molecule has 0 fully saturated rings. The zero-order chi connectivity index (χ0) is 19.7. The second-order valence-corrected chi connectivity index (χ2v) is 6.79. The second-order valence-electron chi connectivity index (χ2n) is 5.80. The van der Waals surface area contributed by atoms with Gasteiger partial charge in [-0.15, -0.1) is 0 Å². The van der Waals surface area contributed by atoms with Crippen molar-refractivity contribution in [3.8, 4) is 0 Å². The number of carbonyl (C=O) groups excluding carboxylic acids is 2. The molecule has 0 spiro atoms. The van der Waals surface area contributed by atoms with Crippen LogP contribution in [0.4, 0.5) is 10.8 Å². The molecule has 1 amide bonds. The van der Waals surface area contributed by atoms with Gasteiger partial charge in [-0.05, 0) is 19.1 Å². The number of amides is 1. The Morgan fingerprint density at radius 1 is 1.30 bits per heavy atom. The van der Waals surface area contributed by atoms with E-state index < -0.39 is 16.4 Å². The first-order chi connectivity index (χ1) is 12.8. The summed E-state index contributed by atoms with van der Waals surface area (Å²) in [6, 6.07) is 6.78. The Bertz CT molecular complexity index is 1150. The van der Waals surface area contributed by atoms with Crippen molar-refractivity contribution in [1.29, 1.82) is 0 Å². The van der Waals surface area contributed by atoms with E-state index in [0.717, 1.165) is 11.3 Å². The number of thiazole rings is 1. The van der Waals surface area contributed by atoms with Gasteiger partial charge in [-0.25, -0.2) is 4.98 Å². The van der Waals surface area contributed by atoms with Gasteiger partial charge in [0.05, 0.1) is 21.0 Å². The van der Waals surface area contributed by atoms with Crippen LogP contribution < -0.4 is 10.9 Å². The predicted octanol–water partition coefficient (Wildman–Crippen LogP) is 2.52. The summed E-state index contributed by atoms with van der Waals surface area (Å²) < 4.78 is 1.22. The van der Waals surface area contributed by atoms with Crippen LogP contribution in [-0.4, -0.2) is 26.2 Å². The summed E-state index contributed by atoms with van der Waals surface area (Å²) in [5.74, 6) is -0.635. The lowest BCUT2D eigenvalue weighted by molar-refractivity contribution is -0.384. The maximum Gasteiger partial charge on any atom is 0.270 e. The van der Waals surface area contributed by atoms with Gasteiger partial charge in [-0.3, -0.25) is 29.1 Å². The monoisotopic (exact) mass is 386 g/mol. The minimum absolute atomic E-state index is 0.104. The molecule has 0 radical (unpaired) electrons. The number of nitro benzene ring substituents is 1. The highest BCUT2D eigenvalue weighted by Crippen LogP contribution is 2.23. The SMILES string of the molecule is CC(=O)c1sc(NC(=O)Cn2c(=O)ccc3cc([N+](=O)[O-])ccc32)nc1C.